The van der Waals surface area contributed by atoms with Gasteiger partial charge in [0.25, 0.3) is 5.92 Å². The fourth-order valence-electron chi connectivity index (χ4n) is 1.71. The summed E-state index contributed by atoms with van der Waals surface area (Å²) in [5, 5.41) is 10.7. The highest BCUT2D eigenvalue weighted by Gasteiger charge is 2.41. The van der Waals surface area contributed by atoms with Crippen LogP contribution in [-0.4, -0.2) is 30.1 Å². The molecule has 1 rings (SSSR count). The third-order valence-corrected chi connectivity index (χ3v) is 2.60. The molecule has 0 radical (unpaired) electrons. The largest absolute Gasteiger partial charge is 0.387 e. The van der Waals surface area contributed by atoms with E-state index in [1.54, 1.807) is 0 Å². The molecule has 2 N–H and O–H groups in total. The molecule has 1 unspecified atom stereocenters. The number of carbonyl (C=O) groups excluding carboxylic acids is 1. The normalized spacial score (nSPS) is 25.8. The van der Waals surface area contributed by atoms with E-state index in [0.717, 1.165) is 6.42 Å². The van der Waals surface area contributed by atoms with E-state index in [-0.39, 0.29) is 13.0 Å². The van der Waals surface area contributed by atoms with Gasteiger partial charge in [-0.25, -0.2) is 8.78 Å². The Kier molecular flexibility index (Phi) is 3.80. The summed E-state index contributed by atoms with van der Waals surface area (Å²) < 4.78 is 26.4. The highest BCUT2D eigenvalue weighted by Crippen LogP contribution is 2.37. The quantitative estimate of drug-likeness (QED) is 0.723. The molecule has 82 valence electrons. The highest BCUT2D eigenvalue weighted by atomic mass is 19.3. The minimum atomic E-state index is -2.67. The van der Waals surface area contributed by atoms with Gasteiger partial charge in [-0.15, -0.1) is 0 Å². The summed E-state index contributed by atoms with van der Waals surface area (Å²) >= 11 is 0. The van der Waals surface area contributed by atoms with E-state index < -0.39 is 24.4 Å². The molecule has 0 aromatic carbocycles. The van der Waals surface area contributed by atoms with Crippen molar-refractivity contribution in [3.05, 3.63) is 0 Å². The zero-order valence-corrected chi connectivity index (χ0v) is 7.93. The fraction of sp³-hybridized carbons (Fsp3) is 0.889. The van der Waals surface area contributed by atoms with Crippen molar-refractivity contribution in [3.8, 4) is 0 Å². The molecule has 0 aromatic rings. The average molecular weight is 207 g/mol. The Balaban J connectivity index is 2.38. The van der Waals surface area contributed by atoms with E-state index in [1.165, 1.54) is 0 Å². The van der Waals surface area contributed by atoms with Crippen LogP contribution < -0.4 is 5.32 Å². The maximum Gasteiger partial charge on any atom is 0.252 e. The van der Waals surface area contributed by atoms with Gasteiger partial charge in [-0.05, 0) is 12.8 Å². The number of alkyl halides is 2. The lowest BCUT2D eigenvalue weighted by Gasteiger charge is -2.31. The number of nitrogens with one attached hydrogen (secondary N) is 1. The van der Waals surface area contributed by atoms with E-state index in [4.69, 9.17) is 5.11 Å². The zero-order valence-electron chi connectivity index (χ0n) is 7.93. The van der Waals surface area contributed by atoms with E-state index >= 15 is 0 Å². The molecule has 0 bridgehead atoms. The Morgan fingerprint density at radius 3 is 2.79 bits per heavy atom. The first-order valence-electron chi connectivity index (χ1n) is 4.81. The second-order valence-corrected chi connectivity index (χ2v) is 3.67. The Labute approximate surface area is 81.5 Å². The zero-order chi connectivity index (χ0) is 10.6. The Morgan fingerprint density at radius 2 is 2.21 bits per heavy atom. The van der Waals surface area contributed by atoms with Crippen molar-refractivity contribution in [2.75, 3.05) is 13.2 Å². The lowest BCUT2D eigenvalue weighted by molar-refractivity contribution is -0.125. The lowest BCUT2D eigenvalue weighted by Crippen LogP contribution is -2.41. The molecule has 0 spiro atoms. The molecule has 1 fully saturated rings. The molecule has 3 nitrogen and oxygen atoms in total. The Hall–Kier alpha value is -0.710. The average Bonchev–Trinajstić information content (AvgIpc) is 2.15. The van der Waals surface area contributed by atoms with E-state index in [0.29, 0.717) is 12.8 Å². The van der Waals surface area contributed by atoms with Crippen LogP contribution in [0.4, 0.5) is 8.78 Å². The number of hydrogen-bond acceptors (Lipinski definition) is 2. The van der Waals surface area contributed by atoms with Gasteiger partial charge in [0.2, 0.25) is 5.91 Å². The van der Waals surface area contributed by atoms with Crippen molar-refractivity contribution in [2.24, 2.45) is 5.92 Å². The highest BCUT2D eigenvalue weighted by molar-refractivity contribution is 5.76. The summed E-state index contributed by atoms with van der Waals surface area (Å²) in [6, 6.07) is 0. The van der Waals surface area contributed by atoms with Crippen LogP contribution in [0.5, 0.6) is 0 Å². The second kappa shape index (κ2) is 4.68. The third kappa shape index (κ3) is 2.90. The molecule has 0 saturated heterocycles. The molecule has 14 heavy (non-hydrogen) atoms. The van der Waals surface area contributed by atoms with Crippen LogP contribution >= 0.6 is 0 Å². The van der Waals surface area contributed by atoms with Gasteiger partial charge < -0.3 is 10.4 Å². The summed E-state index contributed by atoms with van der Waals surface area (Å²) in [6.07, 6.45) is 1.69. The van der Waals surface area contributed by atoms with Crippen LogP contribution in [0.3, 0.4) is 0 Å². The Morgan fingerprint density at radius 1 is 1.50 bits per heavy atom. The van der Waals surface area contributed by atoms with Crippen LogP contribution in [0, 0.1) is 5.92 Å². The first-order chi connectivity index (χ1) is 6.56. The number of amides is 1. The van der Waals surface area contributed by atoms with Crippen LogP contribution in [0.2, 0.25) is 0 Å². The van der Waals surface area contributed by atoms with Gasteiger partial charge in [0, 0.05) is 18.9 Å². The molecule has 1 saturated carbocycles. The van der Waals surface area contributed by atoms with E-state index in [1.807, 2.05) is 0 Å². The molecule has 0 aromatic heterocycles. The number of hydrogen-bond donors (Lipinski definition) is 2. The minimum absolute atomic E-state index is 0.0353. The monoisotopic (exact) mass is 207 g/mol. The van der Waals surface area contributed by atoms with Crippen molar-refractivity contribution in [2.45, 2.75) is 31.6 Å². The predicted octanol–water partition coefficient (Wildman–Crippen LogP) is 0.920. The first-order valence-corrected chi connectivity index (χ1v) is 4.81. The van der Waals surface area contributed by atoms with Gasteiger partial charge in [-0.2, -0.15) is 0 Å². The van der Waals surface area contributed by atoms with E-state index in [2.05, 4.69) is 5.32 Å². The van der Waals surface area contributed by atoms with Crippen molar-refractivity contribution in [3.63, 3.8) is 0 Å². The molecule has 1 aliphatic carbocycles. The van der Waals surface area contributed by atoms with Crippen LogP contribution in [-0.2, 0) is 4.79 Å². The molecule has 0 aliphatic heterocycles. The fourth-order valence-corrected chi connectivity index (χ4v) is 1.71. The molecule has 1 amide bonds. The topological polar surface area (TPSA) is 49.3 Å². The summed E-state index contributed by atoms with van der Waals surface area (Å²) in [5.41, 5.74) is 0. The van der Waals surface area contributed by atoms with Crippen LogP contribution in [0.15, 0.2) is 0 Å². The number of rotatable bonds is 3. The van der Waals surface area contributed by atoms with Crippen molar-refractivity contribution in [1.82, 2.24) is 5.32 Å². The van der Waals surface area contributed by atoms with Gasteiger partial charge in [0.05, 0.1) is 0 Å². The number of carbonyl (C=O) groups is 1. The molecular weight excluding hydrogens is 192 g/mol. The minimum Gasteiger partial charge on any atom is -0.387 e. The third-order valence-electron chi connectivity index (χ3n) is 2.60. The van der Waals surface area contributed by atoms with Crippen LogP contribution in [0.25, 0.3) is 0 Å². The molecule has 1 atom stereocenters. The summed E-state index contributed by atoms with van der Waals surface area (Å²) in [5.74, 6) is -4.03. The smallest absolute Gasteiger partial charge is 0.252 e. The predicted molar refractivity (Wildman–Crippen MR) is 47.0 cm³/mol. The maximum absolute atomic E-state index is 13.2. The molecule has 0 heterocycles. The van der Waals surface area contributed by atoms with Gasteiger partial charge in [0.1, 0.15) is 6.61 Å². The number of halogens is 2. The summed E-state index contributed by atoms with van der Waals surface area (Å²) in [7, 11) is 0. The van der Waals surface area contributed by atoms with Crippen molar-refractivity contribution >= 4 is 5.91 Å². The SMILES string of the molecule is O=C(CO)NCC1CCCCC1(F)F. The second-order valence-electron chi connectivity index (χ2n) is 3.67. The van der Waals surface area contributed by atoms with Gasteiger partial charge in [-0.1, -0.05) is 6.42 Å². The van der Waals surface area contributed by atoms with Crippen LogP contribution in [0.1, 0.15) is 25.7 Å². The Bertz CT molecular complexity index is 209. The van der Waals surface area contributed by atoms with Crippen molar-refractivity contribution in [1.29, 1.82) is 0 Å². The molecular formula is C9H15F2NO2. The summed E-state index contributed by atoms with van der Waals surface area (Å²) in [4.78, 5) is 10.7. The number of aliphatic hydroxyl groups is 1. The van der Waals surface area contributed by atoms with Crippen molar-refractivity contribution < 1.29 is 18.7 Å². The lowest BCUT2D eigenvalue weighted by atomic mass is 9.85. The first kappa shape index (κ1) is 11.4. The van der Waals surface area contributed by atoms with Gasteiger partial charge in [0.15, 0.2) is 0 Å². The number of aliphatic hydroxyl groups excluding tert-OH is 1. The molecule has 5 heteroatoms. The van der Waals surface area contributed by atoms with E-state index in [9.17, 15) is 13.6 Å². The summed E-state index contributed by atoms with van der Waals surface area (Å²) in [6.45, 7) is -0.676. The maximum atomic E-state index is 13.2. The standard InChI is InChI=1S/C9H15F2NO2/c10-9(11)4-2-1-3-7(9)5-12-8(14)6-13/h7,13H,1-6H2,(H,12,14). The van der Waals surface area contributed by atoms with Gasteiger partial charge >= 0.3 is 0 Å². The molecule has 1 aliphatic rings. The van der Waals surface area contributed by atoms with Gasteiger partial charge in [-0.3, -0.25) is 4.79 Å².